The standard InChI is InChI=1S/C20H20BrN5O/c21-18-14-22-20(25-19(18)23-15-4-2-1-3-5-15)24-16-6-8-17(9-7-16)26-10-12-27-13-11-26/h1-9,14H,10-13H2,(H2,22,23,24,25). The van der Waals surface area contributed by atoms with Crippen molar-refractivity contribution in [3.63, 3.8) is 0 Å². The highest BCUT2D eigenvalue weighted by Crippen LogP contribution is 2.26. The van der Waals surface area contributed by atoms with E-state index < -0.39 is 0 Å². The lowest BCUT2D eigenvalue weighted by Crippen LogP contribution is -2.36. The lowest BCUT2D eigenvalue weighted by Gasteiger charge is -2.28. The molecule has 3 aromatic rings. The van der Waals surface area contributed by atoms with Crippen LogP contribution in [0, 0.1) is 0 Å². The highest BCUT2D eigenvalue weighted by molar-refractivity contribution is 9.10. The van der Waals surface area contributed by atoms with E-state index in [0.717, 1.165) is 42.2 Å². The number of benzene rings is 2. The third kappa shape index (κ3) is 4.56. The lowest BCUT2D eigenvalue weighted by atomic mass is 10.2. The van der Waals surface area contributed by atoms with E-state index in [1.165, 1.54) is 5.69 Å². The predicted molar refractivity (Wildman–Crippen MR) is 112 cm³/mol. The van der Waals surface area contributed by atoms with E-state index in [0.29, 0.717) is 11.8 Å². The van der Waals surface area contributed by atoms with Crippen molar-refractivity contribution in [1.82, 2.24) is 9.97 Å². The van der Waals surface area contributed by atoms with Crippen molar-refractivity contribution >= 4 is 44.8 Å². The summed E-state index contributed by atoms with van der Waals surface area (Å²) in [5.41, 5.74) is 3.12. The zero-order valence-corrected chi connectivity index (χ0v) is 16.3. The van der Waals surface area contributed by atoms with Gasteiger partial charge in [0.25, 0.3) is 0 Å². The molecule has 0 spiro atoms. The van der Waals surface area contributed by atoms with Gasteiger partial charge in [-0.2, -0.15) is 4.98 Å². The van der Waals surface area contributed by atoms with Crippen LogP contribution in [0.25, 0.3) is 0 Å². The van der Waals surface area contributed by atoms with Crippen molar-refractivity contribution in [3.8, 4) is 0 Å². The Labute approximate surface area is 166 Å². The van der Waals surface area contributed by atoms with Crippen molar-refractivity contribution in [3.05, 3.63) is 65.3 Å². The van der Waals surface area contributed by atoms with Gasteiger partial charge in [0.2, 0.25) is 5.95 Å². The van der Waals surface area contributed by atoms with Gasteiger partial charge in [-0.3, -0.25) is 0 Å². The minimum absolute atomic E-state index is 0.538. The monoisotopic (exact) mass is 425 g/mol. The summed E-state index contributed by atoms with van der Waals surface area (Å²) in [4.78, 5) is 11.2. The number of hydrogen-bond acceptors (Lipinski definition) is 6. The maximum atomic E-state index is 5.41. The fourth-order valence-electron chi connectivity index (χ4n) is 2.88. The van der Waals surface area contributed by atoms with Gasteiger partial charge in [0, 0.05) is 36.3 Å². The molecule has 138 valence electrons. The fourth-order valence-corrected chi connectivity index (χ4v) is 3.17. The van der Waals surface area contributed by atoms with E-state index in [2.05, 4.69) is 53.6 Å². The topological polar surface area (TPSA) is 62.3 Å². The van der Waals surface area contributed by atoms with E-state index in [1.807, 2.05) is 42.5 Å². The van der Waals surface area contributed by atoms with Crippen molar-refractivity contribution in [2.24, 2.45) is 0 Å². The van der Waals surface area contributed by atoms with Crippen molar-refractivity contribution < 1.29 is 4.74 Å². The van der Waals surface area contributed by atoms with Gasteiger partial charge in [-0.05, 0) is 52.3 Å². The van der Waals surface area contributed by atoms with Crippen LogP contribution in [-0.2, 0) is 4.74 Å². The quantitative estimate of drug-likeness (QED) is 0.624. The van der Waals surface area contributed by atoms with Crippen LogP contribution < -0.4 is 15.5 Å². The van der Waals surface area contributed by atoms with E-state index in [9.17, 15) is 0 Å². The molecule has 6 nitrogen and oxygen atoms in total. The molecule has 2 aromatic carbocycles. The third-order valence-corrected chi connectivity index (χ3v) is 4.86. The Kier molecular flexibility index (Phi) is 5.50. The number of aromatic nitrogens is 2. The first-order chi connectivity index (χ1) is 13.3. The minimum Gasteiger partial charge on any atom is -0.378 e. The summed E-state index contributed by atoms with van der Waals surface area (Å²) < 4.78 is 6.21. The highest BCUT2D eigenvalue weighted by Gasteiger charge is 2.11. The maximum Gasteiger partial charge on any atom is 0.229 e. The number of nitrogens with zero attached hydrogens (tertiary/aromatic N) is 3. The van der Waals surface area contributed by atoms with Crippen LogP contribution in [0.15, 0.2) is 65.3 Å². The normalized spacial score (nSPS) is 14.0. The SMILES string of the molecule is Brc1cnc(Nc2ccc(N3CCOCC3)cc2)nc1Nc1ccccc1. The Morgan fingerprint density at radius 2 is 1.59 bits per heavy atom. The molecule has 0 atom stereocenters. The van der Waals surface area contributed by atoms with Gasteiger partial charge in [0.05, 0.1) is 17.7 Å². The molecule has 2 N–H and O–H groups in total. The van der Waals surface area contributed by atoms with E-state index in [4.69, 9.17) is 4.74 Å². The van der Waals surface area contributed by atoms with Crippen molar-refractivity contribution in [1.29, 1.82) is 0 Å². The molecule has 1 aromatic heterocycles. The van der Waals surface area contributed by atoms with Crippen LogP contribution in [0.5, 0.6) is 0 Å². The van der Waals surface area contributed by atoms with E-state index in [1.54, 1.807) is 6.20 Å². The molecule has 0 radical (unpaired) electrons. The summed E-state index contributed by atoms with van der Waals surface area (Å²) in [6.07, 6.45) is 1.74. The Hall–Kier alpha value is -2.64. The van der Waals surface area contributed by atoms with Gasteiger partial charge in [0.15, 0.2) is 0 Å². The molecule has 1 saturated heterocycles. The molecule has 0 bridgehead atoms. The summed E-state index contributed by atoms with van der Waals surface area (Å²) in [6, 6.07) is 18.2. The Morgan fingerprint density at radius 1 is 0.889 bits per heavy atom. The molecule has 0 saturated carbocycles. The lowest BCUT2D eigenvalue weighted by molar-refractivity contribution is 0.122. The Morgan fingerprint density at radius 3 is 2.33 bits per heavy atom. The van der Waals surface area contributed by atoms with Gasteiger partial charge in [-0.1, -0.05) is 18.2 Å². The zero-order chi connectivity index (χ0) is 18.5. The molecule has 0 unspecified atom stereocenters. The van der Waals surface area contributed by atoms with Gasteiger partial charge in [-0.25, -0.2) is 4.98 Å². The molecule has 4 rings (SSSR count). The summed E-state index contributed by atoms with van der Waals surface area (Å²) >= 11 is 3.50. The van der Waals surface area contributed by atoms with E-state index in [-0.39, 0.29) is 0 Å². The van der Waals surface area contributed by atoms with Crippen LogP contribution in [0.1, 0.15) is 0 Å². The first-order valence-electron chi connectivity index (χ1n) is 8.82. The molecular weight excluding hydrogens is 406 g/mol. The number of para-hydroxylation sites is 1. The predicted octanol–water partition coefficient (Wildman–Crippen LogP) is 4.56. The molecule has 2 heterocycles. The highest BCUT2D eigenvalue weighted by atomic mass is 79.9. The molecule has 1 fully saturated rings. The number of nitrogens with one attached hydrogen (secondary N) is 2. The fraction of sp³-hybridized carbons (Fsp3) is 0.200. The van der Waals surface area contributed by atoms with Crippen LogP contribution in [-0.4, -0.2) is 36.3 Å². The molecule has 0 aliphatic carbocycles. The van der Waals surface area contributed by atoms with Gasteiger partial charge >= 0.3 is 0 Å². The number of ether oxygens (including phenoxy) is 1. The Balaban J connectivity index is 1.46. The first kappa shape index (κ1) is 17.8. The minimum atomic E-state index is 0.538. The summed E-state index contributed by atoms with van der Waals surface area (Å²) in [5, 5.41) is 6.56. The maximum absolute atomic E-state index is 5.41. The molecule has 0 amide bonds. The Bertz CT molecular complexity index is 883. The van der Waals surface area contributed by atoms with Crippen LogP contribution in [0.4, 0.5) is 28.8 Å². The van der Waals surface area contributed by atoms with Gasteiger partial charge in [-0.15, -0.1) is 0 Å². The smallest absolute Gasteiger partial charge is 0.229 e. The van der Waals surface area contributed by atoms with E-state index >= 15 is 0 Å². The summed E-state index contributed by atoms with van der Waals surface area (Å²) in [6.45, 7) is 3.42. The van der Waals surface area contributed by atoms with Gasteiger partial charge in [0.1, 0.15) is 5.82 Å². The number of hydrogen-bond donors (Lipinski definition) is 2. The molecule has 1 aliphatic rings. The molecular formula is C20H20BrN5O. The largest absolute Gasteiger partial charge is 0.378 e. The average Bonchev–Trinajstić information content (AvgIpc) is 2.72. The van der Waals surface area contributed by atoms with Crippen LogP contribution >= 0.6 is 15.9 Å². The second-order valence-electron chi connectivity index (χ2n) is 6.15. The number of anilines is 5. The second kappa shape index (κ2) is 8.37. The van der Waals surface area contributed by atoms with Crippen molar-refractivity contribution in [2.45, 2.75) is 0 Å². The zero-order valence-electron chi connectivity index (χ0n) is 14.7. The summed E-state index contributed by atoms with van der Waals surface area (Å²) in [5.74, 6) is 1.25. The first-order valence-corrected chi connectivity index (χ1v) is 9.62. The summed E-state index contributed by atoms with van der Waals surface area (Å²) in [7, 11) is 0. The second-order valence-corrected chi connectivity index (χ2v) is 7.01. The molecule has 7 heteroatoms. The molecule has 1 aliphatic heterocycles. The number of morpholine rings is 1. The molecule has 27 heavy (non-hydrogen) atoms. The average molecular weight is 426 g/mol. The van der Waals surface area contributed by atoms with Crippen LogP contribution in [0.3, 0.4) is 0 Å². The van der Waals surface area contributed by atoms with Gasteiger partial charge < -0.3 is 20.3 Å². The number of halogens is 1. The van der Waals surface area contributed by atoms with Crippen molar-refractivity contribution in [2.75, 3.05) is 41.8 Å². The number of rotatable bonds is 5. The van der Waals surface area contributed by atoms with Crippen LogP contribution in [0.2, 0.25) is 0 Å². The third-order valence-electron chi connectivity index (χ3n) is 4.28.